The van der Waals surface area contributed by atoms with Crippen molar-refractivity contribution in [3.63, 3.8) is 0 Å². The van der Waals surface area contributed by atoms with Gasteiger partial charge in [-0.3, -0.25) is 4.79 Å². The second-order valence-electron chi connectivity index (χ2n) is 5.46. The highest BCUT2D eigenvalue weighted by atomic mass is 35.5. The Morgan fingerprint density at radius 1 is 1.35 bits per heavy atom. The zero-order valence-electron chi connectivity index (χ0n) is 13.8. The average molecular weight is 410 g/mol. The molecule has 0 spiro atoms. The van der Waals surface area contributed by atoms with Crippen molar-refractivity contribution in [3.8, 4) is 0 Å². The summed E-state index contributed by atoms with van der Waals surface area (Å²) in [7, 11) is 0. The Morgan fingerprint density at radius 2 is 2.04 bits per heavy atom. The van der Waals surface area contributed by atoms with Crippen molar-refractivity contribution in [3.05, 3.63) is 39.4 Å². The number of alkyl halides is 3. The first-order valence-electron chi connectivity index (χ1n) is 7.48. The number of nitrogens with one attached hydrogen (secondary N) is 1. The lowest BCUT2D eigenvalue weighted by Gasteiger charge is -2.22. The van der Waals surface area contributed by atoms with E-state index in [1.807, 2.05) is 0 Å². The molecule has 0 fully saturated rings. The highest BCUT2D eigenvalue weighted by Gasteiger charge is 2.42. The SMILES string of the molecule is CC(C)OC(=O)c1cc(NC(=O)C2=C(C(F)(F)F)OCCS2)ccc1Cl. The van der Waals surface area contributed by atoms with Crippen LogP contribution in [0.5, 0.6) is 0 Å². The van der Waals surface area contributed by atoms with Gasteiger partial charge in [0, 0.05) is 11.4 Å². The van der Waals surface area contributed by atoms with E-state index in [0.29, 0.717) is 0 Å². The van der Waals surface area contributed by atoms with Crippen LogP contribution in [-0.2, 0) is 14.3 Å². The molecule has 1 aromatic carbocycles. The molecule has 1 amide bonds. The van der Waals surface area contributed by atoms with Gasteiger partial charge in [-0.2, -0.15) is 13.2 Å². The van der Waals surface area contributed by atoms with Crippen LogP contribution in [0.4, 0.5) is 18.9 Å². The van der Waals surface area contributed by atoms with Crippen molar-refractivity contribution in [2.75, 3.05) is 17.7 Å². The number of carbonyl (C=O) groups excluding carboxylic acids is 2. The van der Waals surface area contributed by atoms with Gasteiger partial charge in [0.2, 0.25) is 5.76 Å². The number of hydrogen-bond acceptors (Lipinski definition) is 5. The Morgan fingerprint density at radius 3 is 2.65 bits per heavy atom. The fourth-order valence-electron chi connectivity index (χ4n) is 2.02. The quantitative estimate of drug-likeness (QED) is 0.747. The van der Waals surface area contributed by atoms with Gasteiger partial charge < -0.3 is 14.8 Å². The van der Waals surface area contributed by atoms with Gasteiger partial charge in [0.05, 0.1) is 23.3 Å². The molecule has 0 saturated heterocycles. The van der Waals surface area contributed by atoms with Crippen LogP contribution >= 0.6 is 23.4 Å². The van der Waals surface area contributed by atoms with E-state index in [4.69, 9.17) is 16.3 Å². The number of ether oxygens (including phenoxy) is 2. The number of esters is 1. The van der Waals surface area contributed by atoms with Gasteiger partial charge in [-0.05, 0) is 32.0 Å². The molecule has 2 rings (SSSR count). The molecule has 1 N–H and O–H groups in total. The van der Waals surface area contributed by atoms with E-state index < -0.39 is 28.7 Å². The summed E-state index contributed by atoms with van der Waals surface area (Å²) in [6, 6.07) is 3.96. The maximum Gasteiger partial charge on any atom is 0.450 e. The monoisotopic (exact) mass is 409 g/mol. The first kappa shape index (κ1) is 20.4. The Labute approximate surface area is 156 Å². The van der Waals surface area contributed by atoms with Crippen LogP contribution in [0, 0.1) is 0 Å². The topological polar surface area (TPSA) is 64.6 Å². The maximum atomic E-state index is 13.0. The van der Waals surface area contributed by atoms with E-state index in [1.54, 1.807) is 13.8 Å². The number of rotatable bonds is 4. The van der Waals surface area contributed by atoms with Gasteiger partial charge in [0.15, 0.2) is 0 Å². The first-order valence-corrected chi connectivity index (χ1v) is 8.85. The number of halogens is 4. The van der Waals surface area contributed by atoms with E-state index in [-0.39, 0.29) is 34.7 Å². The molecular formula is C16H15ClF3NO4S. The first-order chi connectivity index (χ1) is 12.1. The minimum Gasteiger partial charge on any atom is -0.487 e. The van der Waals surface area contributed by atoms with E-state index in [2.05, 4.69) is 10.1 Å². The number of anilines is 1. The number of allylic oxidation sites excluding steroid dienone is 1. The van der Waals surface area contributed by atoms with E-state index in [9.17, 15) is 22.8 Å². The van der Waals surface area contributed by atoms with Crippen LogP contribution in [0.1, 0.15) is 24.2 Å². The normalized spacial score (nSPS) is 14.9. The van der Waals surface area contributed by atoms with Crippen molar-refractivity contribution in [2.24, 2.45) is 0 Å². The van der Waals surface area contributed by atoms with Crippen LogP contribution in [0.15, 0.2) is 28.9 Å². The van der Waals surface area contributed by atoms with Gasteiger partial charge in [-0.25, -0.2) is 4.79 Å². The van der Waals surface area contributed by atoms with Crippen molar-refractivity contribution < 1.29 is 32.2 Å². The second kappa shape index (κ2) is 8.22. The molecule has 5 nitrogen and oxygen atoms in total. The summed E-state index contributed by atoms with van der Waals surface area (Å²) in [6.07, 6.45) is -5.15. The molecule has 1 aliphatic heterocycles. The molecule has 0 unspecified atom stereocenters. The number of amides is 1. The summed E-state index contributed by atoms with van der Waals surface area (Å²) in [6.45, 7) is 3.17. The maximum absolute atomic E-state index is 13.0. The van der Waals surface area contributed by atoms with E-state index in [0.717, 1.165) is 11.8 Å². The Kier molecular flexibility index (Phi) is 6.46. The molecule has 26 heavy (non-hydrogen) atoms. The summed E-state index contributed by atoms with van der Waals surface area (Å²) < 4.78 is 48.6. The number of carbonyl (C=O) groups is 2. The summed E-state index contributed by atoms with van der Waals surface area (Å²) in [5, 5.41) is 2.42. The molecule has 1 aliphatic rings. The largest absolute Gasteiger partial charge is 0.487 e. The molecule has 0 saturated carbocycles. The lowest BCUT2D eigenvalue weighted by molar-refractivity contribution is -0.133. The third-order valence-electron chi connectivity index (χ3n) is 3.03. The average Bonchev–Trinajstić information content (AvgIpc) is 2.55. The van der Waals surface area contributed by atoms with Crippen LogP contribution in [0.25, 0.3) is 0 Å². The highest BCUT2D eigenvalue weighted by molar-refractivity contribution is 8.04. The molecule has 0 aromatic heterocycles. The van der Waals surface area contributed by atoms with Crippen LogP contribution in [0.3, 0.4) is 0 Å². The lowest BCUT2D eigenvalue weighted by Crippen LogP contribution is -2.26. The molecule has 0 radical (unpaired) electrons. The van der Waals surface area contributed by atoms with Gasteiger partial charge >= 0.3 is 12.1 Å². The molecule has 1 aromatic rings. The minimum absolute atomic E-state index is 0.00395. The summed E-state index contributed by atoms with van der Waals surface area (Å²) >= 11 is 6.70. The van der Waals surface area contributed by atoms with Crippen LogP contribution in [0.2, 0.25) is 5.02 Å². The molecule has 0 bridgehead atoms. The highest BCUT2D eigenvalue weighted by Crippen LogP contribution is 2.37. The predicted molar refractivity (Wildman–Crippen MR) is 92.1 cm³/mol. The zero-order valence-corrected chi connectivity index (χ0v) is 15.3. The Hall–Kier alpha value is -1.87. The summed E-state index contributed by atoms with van der Waals surface area (Å²) in [5.74, 6) is -2.78. The number of hydrogen-bond donors (Lipinski definition) is 1. The fraction of sp³-hybridized carbons (Fsp3) is 0.375. The second-order valence-corrected chi connectivity index (χ2v) is 6.97. The van der Waals surface area contributed by atoms with Crippen molar-refractivity contribution in [2.45, 2.75) is 26.1 Å². The summed E-state index contributed by atoms with van der Waals surface area (Å²) in [5.41, 5.74) is 0.103. The number of thioether (sulfide) groups is 1. The van der Waals surface area contributed by atoms with E-state index in [1.165, 1.54) is 18.2 Å². The molecular weight excluding hydrogens is 395 g/mol. The minimum atomic E-state index is -4.77. The van der Waals surface area contributed by atoms with Crippen molar-refractivity contribution >= 4 is 40.9 Å². The van der Waals surface area contributed by atoms with Gasteiger partial charge in [-0.15, -0.1) is 11.8 Å². The standard InChI is InChI=1S/C16H15ClF3NO4S/c1-8(2)25-15(23)10-7-9(3-4-11(10)17)21-14(22)12-13(16(18,19)20)24-5-6-26-12/h3-4,7-8H,5-6H2,1-2H3,(H,21,22). The van der Waals surface area contributed by atoms with Crippen LogP contribution < -0.4 is 5.32 Å². The molecule has 0 atom stereocenters. The van der Waals surface area contributed by atoms with Gasteiger partial charge in [-0.1, -0.05) is 11.6 Å². The third-order valence-corrected chi connectivity index (χ3v) is 4.39. The fourth-order valence-corrected chi connectivity index (χ4v) is 3.08. The molecule has 10 heteroatoms. The molecule has 142 valence electrons. The lowest BCUT2D eigenvalue weighted by atomic mass is 10.2. The van der Waals surface area contributed by atoms with Gasteiger partial charge in [0.1, 0.15) is 4.91 Å². The van der Waals surface area contributed by atoms with Gasteiger partial charge in [0.25, 0.3) is 5.91 Å². The zero-order chi connectivity index (χ0) is 19.5. The Balaban J connectivity index is 2.26. The summed E-state index contributed by atoms with van der Waals surface area (Å²) in [4.78, 5) is 23.7. The van der Waals surface area contributed by atoms with Crippen molar-refractivity contribution in [1.29, 1.82) is 0 Å². The number of benzene rings is 1. The van der Waals surface area contributed by atoms with E-state index >= 15 is 0 Å². The van der Waals surface area contributed by atoms with Crippen LogP contribution in [-0.4, -0.2) is 36.5 Å². The molecule has 0 aliphatic carbocycles. The van der Waals surface area contributed by atoms with Crippen molar-refractivity contribution in [1.82, 2.24) is 0 Å². The molecule has 1 heterocycles. The third kappa shape index (κ3) is 5.07. The predicted octanol–water partition coefficient (Wildman–Crippen LogP) is 4.38. The Bertz CT molecular complexity index is 750. The smallest absolute Gasteiger partial charge is 0.450 e.